The second-order valence-electron chi connectivity index (χ2n) is 6.45. The Kier molecular flexibility index (Phi) is 7.16. The van der Waals surface area contributed by atoms with Crippen LogP contribution in [0.3, 0.4) is 0 Å². The fraction of sp³-hybridized carbons (Fsp3) is 0.286. The van der Waals surface area contributed by atoms with E-state index in [0.29, 0.717) is 24.8 Å². The molecule has 0 aliphatic carbocycles. The molecule has 0 amide bonds. The molecule has 0 bridgehead atoms. The molecule has 29 heavy (non-hydrogen) atoms. The minimum Gasteiger partial charge on any atom is -0.489 e. The molecule has 3 rings (SSSR count). The number of hydrogen-bond acceptors (Lipinski definition) is 4. The summed E-state index contributed by atoms with van der Waals surface area (Å²) in [7, 11) is 1.72. The SMILES string of the molecule is CCC(CNC(=NC)NCc1cccc(-c2ncn[nH]2)c1)Oc1cccc(F)c1. The van der Waals surface area contributed by atoms with E-state index in [0.717, 1.165) is 23.4 Å². The number of rotatable bonds is 8. The van der Waals surface area contributed by atoms with Crippen molar-refractivity contribution in [2.45, 2.75) is 26.0 Å². The molecule has 1 heterocycles. The molecule has 0 fully saturated rings. The molecule has 7 nitrogen and oxygen atoms in total. The molecule has 0 radical (unpaired) electrons. The number of aliphatic imine (C=N–C) groups is 1. The monoisotopic (exact) mass is 396 g/mol. The maximum Gasteiger partial charge on any atom is 0.191 e. The van der Waals surface area contributed by atoms with Gasteiger partial charge in [0, 0.05) is 25.2 Å². The predicted octanol–water partition coefficient (Wildman–Crippen LogP) is 3.13. The van der Waals surface area contributed by atoms with Crippen LogP contribution >= 0.6 is 0 Å². The Morgan fingerprint density at radius 1 is 1.21 bits per heavy atom. The zero-order chi connectivity index (χ0) is 20.5. The average molecular weight is 396 g/mol. The van der Waals surface area contributed by atoms with Crippen molar-refractivity contribution in [1.82, 2.24) is 25.8 Å². The van der Waals surface area contributed by atoms with Crippen LogP contribution in [0, 0.1) is 5.82 Å². The van der Waals surface area contributed by atoms with Crippen molar-refractivity contribution in [2.75, 3.05) is 13.6 Å². The van der Waals surface area contributed by atoms with Crippen molar-refractivity contribution in [3.8, 4) is 17.1 Å². The average Bonchev–Trinajstić information content (AvgIpc) is 3.28. The van der Waals surface area contributed by atoms with Crippen LogP contribution in [-0.2, 0) is 6.54 Å². The number of nitrogens with zero attached hydrogens (tertiary/aromatic N) is 3. The number of halogens is 1. The summed E-state index contributed by atoms with van der Waals surface area (Å²) < 4.78 is 19.2. The number of guanidine groups is 1. The summed E-state index contributed by atoms with van der Waals surface area (Å²) in [6, 6.07) is 14.2. The summed E-state index contributed by atoms with van der Waals surface area (Å²) in [6.45, 7) is 3.17. The van der Waals surface area contributed by atoms with Gasteiger partial charge in [0.05, 0.1) is 6.54 Å². The van der Waals surface area contributed by atoms with E-state index in [1.807, 2.05) is 31.2 Å². The molecule has 1 atom stereocenters. The van der Waals surface area contributed by atoms with Gasteiger partial charge in [0.15, 0.2) is 11.8 Å². The minimum atomic E-state index is -0.310. The lowest BCUT2D eigenvalue weighted by Crippen LogP contribution is -2.42. The highest BCUT2D eigenvalue weighted by Gasteiger charge is 2.10. The first-order valence-electron chi connectivity index (χ1n) is 9.49. The molecule has 2 aromatic carbocycles. The van der Waals surface area contributed by atoms with E-state index in [-0.39, 0.29) is 11.9 Å². The van der Waals surface area contributed by atoms with Gasteiger partial charge in [-0.25, -0.2) is 9.37 Å². The number of aromatic amines is 1. The van der Waals surface area contributed by atoms with E-state index < -0.39 is 0 Å². The Balaban J connectivity index is 1.52. The second kappa shape index (κ2) is 10.2. The fourth-order valence-electron chi connectivity index (χ4n) is 2.79. The topological polar surface area (TPSA) is 87.2 Å². The zero-order valence-electron chi connectivity index (χ0n) is 16.5. The maximum atomic E-state index is 13.3. The summed E-state index contributed by atoms with van der Waals surface area (Å²) in [4.78, 5) is 8.43. The quantitative estimate of drug-likeness (QED) is 0.402. The smallest absolute Gasteiger partial charge is 0.191 e. The van der Waals surface area contributed by atoms with Gasteiger partial charge in [-0.1, -0.05) is 31.2 Å². The first-order valence-corrected chi connectivity index (χ1v) is 9.49. The van der Waals surface area contributed by atoms with E-state index >= 15 is 0 Å². The van der Waals surface area contributed by atoms with Crippen LogP contribution in [0.15, 0.2) is 59.9 Å². The molecule has 1 unspecified atom stereocenters. The van der Waals surface area contributed by atoms with Gasteiger partial charge in [-0.3, -0.25) is 10.1 Å². The molecular formula is C21H25FN6O. The largest absolute Gasteiger partial charge is 0.489 e. The number of aromatic nitrogens is 3. The van der Waals surface area contributed by atoms with E-state index in [4.69, 9.17) is 4.74 Å². The maximum absolute atomic E-state index is 13.3. The second-order valence-corrected chi connectivity index (χ2v) is 6.45. The van der Waals surface area contributed by atoms with Crippen LogP contribution in [0.4, 0.5) is 4.39 Å². The molecule has 0 saturated carbocycles. The van der Waals surface area contributed by atoms with Crippen molar-refractivity contribution in [2.24, 2.45) is 4.99 Å². The number of benzene rings is 2. The highest BCUT2D eigenvalue weighted by atomic mass is 19.1. The fourth-order valence-corrected chi connectivity index (χ4v) is 2.79. The highest BCUT2D eigenvalue weighted by molar-refractivity contribution is 5.79. The first kappa shape index (κ1) is 20.3. The third kappa shape index (κ3) is 6.03. The van der Waals surface area contributed by atoms with Crippen molar-refractivity contribution in [1.29, 1.82) is 0 Å². The van der Waals surface area contributed by atoms with Gasteiger partial charge in [-0.2, -0.15) is 5.10 Å². The first-order chi connectivity index (χ1) is 14.2. The van der Waals surface area contributed by atoms with Crippen molar-refractivity contribution in [3.63, 3.8) is 0 Å². The summed E-state index contributed by atoms with van der Waals surface area (Å²) >= 11 is 0. The summed E-state index contributed by atoms with van der Waals surface area (Å²) in [5.41, 5.74) is 2.06. The van der Waals surface area contributed by atoms with Crippen LogP contribution in [0.1, 0.15) is 18.9 Å². The lowest BCUT2D eigenvalue weighted by molar-refractivity contribution is 0.199. The van der Waals surface area contributed by atoms with Gasteiger partial charge in [-0.05, 0) is 30.2 Å². The Morgan fingerprint density at radius 2 is 2.07 bits per heavy atom. The highest BCUT2D eigenvalue weighted by Crippen LogP contribution is 2.16. The standard InChI is InChI=1S/C21H25FN6O/c1-3-18(29-19-9-5-8-17(22)11-19)13-25-21(23-2)24-12-15-6-4-7-16(10-15)20-26-14-27-28-20/h4-11,14,18H,3,12-13H2,1-2H3,(H2,23,24,25)(H,26,27,28). The number of ether oxygens (including phenoxy) is 1. The Labute approximate surface area is 169 Å². The van der Waals surface area contributed by atoms with Crippen LogP contribution in [0.25, 0.3) is 11.4 Å². The van der Waals surface area contributed by atoms with Crippen molar-refractivity contribution < 1.29 is 9.13 Å². The zero-order valence-corrected chi connectivity index (χ0v) is 16.5. The molecule has 0 aliphatic rings. The Bertz CT molecular complexity index is 928. The third-order valence-electron chi connectivity index (χ3n) is 4.35. The molecule has 0 spiro atoms. The van der Waals surface area contributed by atoms with E-state index in [2.05, 4.69) is 30.8 Å². The van der Waals surface area contributed by atoms with Gasteiger partial charge < -0.3 is 15.4 Å². The number of H-pyrrole nitrogens is 1. The normalized spacial score (nSPS) is 12.4. The van der Waals surface area contributed by atoms with Crippen LogP contribution in [0.2, 0.25) is 0 Å². The van der Waals surface area contributed by atoms with E-state index in [1.54, 1.807) is 19.2 Å². The summed E-state index contributed by atoms with van der Waals surface area (Å²) in [5, 5.41) is 13.3. The van der Waals surface area contributed by atoms with Crippen molar-refractivity contribution >= 4 is 5.96 Å². The van der Waals surface area contributed by atoms with Gasteiger partial charge >= 0.3 is 0 Å². The number of hydrogen-bond donors (Lipinski definition) is 3. The molecule has 152 valence electrons. The summed E-state index contributed by atoms with van der Waals surface area (Å²) in [6.07, 6.45) is 2.16. The third-order valence-corrected chi connectivity index (χ3v) is 4.35. The van der Waals surface area contributed by atoms with Crippen LogP contribution < -0.4 is 15.4 Å². The lowest BCUT2D eigenvalue weighted by atomic mass is 10.1. The van der Waals surface area contributed by atoms with Crippen LogP contribution in [-0.4, -0.2) is 40.8 Å². The molecule has 8 heteroatoms. The number of nitrogens with one attached hydrogen (secondary N) is 3. The summed E-state index contributed by atoms with van der Waals surface area (Å²) in [5.74, 6) is 1.60. The minimum absolute atomic E-state index is 0.106. The molecule has 3 N–H and O–H groups in total. The van der Waals surface area contributed by atoms with E-state index in [9.17, 15) is 4.39 Å². The van der Waals surface area contributed by atoms with Gasteiger partial charge in [0.25, 0.3) is 0 Å². The van der Waals surface area contributed by atoms with Gasteiger partial charge in [-0.15, -0.1) is 0 Å². The van der Waals surface area contributed by atoms with Gasteiger partial charge in [0.2, 0.25) is 0 Å². The van der Waals surface area contributed by atoms with Crippen LogP contribution in [0.5, 0.6) is 5.75 Å². The Morgan fingerprint density at radius 3 is 2.79 bits per heavy atom. The van der Waals surface area contributed by atoms with E-state index in [1.165, 1.54) is 18.5 Å². The van der Waals surface area contributed by atoms with Gasteiger partial charge in [0.1, 0.15) is 24.0 Å². The lowest BCUT2D eigenvalue weighted by Gasteiger charge is -2.20. The molecule has 1 aromatic heterocycles. The Hall–Kier alpha value is -3.42. The molecule has 0 saturated heterocycles. The molecule has 0 aliphatic heterocycles. The molecule has 3 aromatic rings. The predicted molar refractivity (Wildman–Crippen MR) is 111 cm³/mol. The molecular weight excluding hydrogens is 371 g/mol. The van der Waals surface area contributed by atoms with Crippen molar-refractivity contribution in [3.05, 3.63) is 66.2 Å².